The molecule has 0 radical (unpaired) electrons. The van der Waals surface area contributed by atoms with E-state index in [0.717, 1.165) is 10.6 Å². The molecule has 5 nitrogen and oxygen atoms in total. The molecule has 3 N–H and O–H groups in total. The first-order valence-corrected chi connectivity index (χ1v) is 5.02. The molecular formula is C11H14N4O. The van der Waals surface area contributed by atoms with Crippen LogP contribution < -0.4 is 11.3 Å². The summed E-state index contributed by atoms with van der Waals surface area (Å²) >= 11 is 0. The molecule has 1 aromatic rings. The standard InChI is InChI=1S/C11H14N4O/c1-11(2)14-13-9(10(16)15(11)12)8-6-4-3-5-7-8/h3-7,14H,12H2,1-2H3. The second kappa shape index (κ2) is 3.61. The molecule has 5 heteroatoms. The Bertz CT molecular complexity index is 439. The number of hydrogen-bond donors (Lipinski definition) is 2. The van der Waals surface area contributed by atoms with Gasteiger partial charge < -0.3 is 0 Å². The molecule has 1 amide bonds. The van der Waals surface area contributed by atoms with E-state index in [0.29, 0.717) is 5.71 Å². The highest BCUT2D eigenvalue weighted by molar-refractivity contribution is 6.45. The van der Waals surface area contributed by atoms with Crippen molar-refractivity contribution in [1.29, 1.82) is 0 Å². The van der Waals surface area contributed by atoms with Crippen molar-refractivity contribution in [2.45, 2.75) is 19.5 Å². The van der Waals surface area contributed by atoms with Gasteiger partial charge in [-0.2, -0.15) is 5.10 Å². The van der Waals surface area contributed by atoms with E-state index in [1.165, 1.54) is 0 Å². The summed E-state index contributed by atoms with van der Waals surface area (Å²) in [6.45, 7) is 3.58. The Labute approximate surface area is 93.9 Å². The van der Waals surface area contributed by atoms with Gasteiger partial charge in [0.25, 0.3) is 5.91 Å². The van der Waals surface area contributed by atoms with Gasteiger partial charge in [-0.05, 0) is 13.8 Å². The number of hydrazine groups is 1. The Kier molecular flexibility index (Phi) is 2.40. The highest BCUT2D eigenvalue weighted by atomic mass is 16.2. The molecule has 0 unspecified atom stereocenters. The predicted octanol–water partition coefficient (Wildman–Crippen LogP) is 0.432. The zero-order valence-corrected chi connectivity index (χ0v) is 9.27. The van der Waals surface area contributed by atoms with Gasteiger partial charge in [0.15, 0.2) is 5.71 Å². The average molecular weight is 218 g/mol. The van der Waals surface area contributed by atoms with Gasteiger partial charge in [0.05, 0.1) is 0 Å². The maximum Gasteiger partial charge on any atom is 0.290 e. The van der Waals surface area contributed by atoms with Crippen LogP contribution in [0.3, 0.4) is 0 Å². The van der Waals surface area contributed by atoms with Crippen molar-refractivity contribution in [1.82, 2.24) is 10.4 Å². The lowest BCUT2D eigenvalue weighted by Crippen LogP contribution is -2.64. The van der Waals surface area contributed by atoms with E-state index < -0.39 is 5.66 Å². The van der Waals surface area contributed by atoms with Crippen LogP contribution in [-0.2, 0) is 4.79 Å². The molecule has 1 aromatic carbocycles. The largest absolute Gasteiger partial charge is 0.290 e. The summed E-state index contributed by atoms with van der Waals surface area (Å²) < 4.78 is 0. The fourth-order valence-corrected chi connectivity index (χ4v) is 1.45. The molecule has 0 fully saturated rings. The predicted molar refractivity (Wildman–Crippen MR) is 61.2 cm³/mol. The summed E-state index contributed by atoms with van der Waals surface area (Å²) in [7, 11) is 0. The Morgan fingerprint density at radius 2 is 1.94 bits per heavy atom. The van der Waals surface area contributed by atoms with Crippen molar-refractivity contribution < 1.29 is 4.79 Å². The molecule has 1 aliphatic heterocycles. The van der Waals surface area contributed by atoms with E-state index >= 15 is 0 Å². The van der Waals surface area contributed by atoms with Gasteiger partial charge in [0, 0.05) is 5.56 Å². The summed E-state index contributed by atoms with van der Waals surface area (Å²) in [6, 6.07) is 9.24. The third kappa shape index (κ3) is 1.65. The number of nitrogens with one attached hydrogen (secondary N) is 1. The van der Waals surface area contributed by atoms with E-state index in [9.17, 15) is 4.79 Å². The van der Waals surface area contributed by atoms with Gasteiger partial charge in [-0.25, -0.2) is 10.9 Å². The molecule has 0 aromatic heterocycles. The lowest BCUT2D eigenvalue weighted by molar-refractivity contribution is -0.132. The lowest BCUT2D eigenvalue weighted by atomic mass is 10.1. The molecule has 0 aliphatic carbocycles. The van der Waals surface area contributed by atoms with Gasteiger partial charge in [-0.3, -0.25) is 10.2 Å². The Balaban J connectivity index is 2.39. The van der Waals surface area contributed by atoms with Crippen LogP contribution in [0.1, 0.15) is 19.4 Å². The Morgan fingerprint density at radius 3 is 2.56 bits per heavy atom. The van der Waals surface area contributed by atoms with Crippen molar-refractivity contribution >= 4 is 11.6 Å². The van der Waals surface area contributed by atoms with Crippen LogP contribution in [0, 0.1) is 0 Å². The topological polar surface area (TPSA) is 70.7 Å². The second-order valence-corrected chi connectivity index (χ2v) is 4.17. The number of benzene rings is 1. The number of nitrogens with two attached hydrogens (primary N) is 1. The number of amides is 1. The number of hydrogen-bond acceptors (Lipinski definition) is 4. The molecule has 16 heavy (non-hydrogen) atoms. The first-order valence-electron chi connectivity index (χ1n) is 5.02. The van der Waals surface area contributed by atoms with E-state index in [4.69, 9.17) is 5.84 Å². The number of nitrogens with zero attached hydrogens (tertiary/aromatic N) is 2. The summed E-state index contributed by atoms with van der Waals surface area (Å²) in [5, 5.41) is 5.23. The van der Waals surface area contributed by atoms with Crippen molar-refractivity contribution in [2.24, 2.45) is 10.9 Å². The number of hydrazone groups is 1. The van der Waals surface area contributed by atoms with Crippen LogP contribution in [0.5, 0.6) is 0 Å². The van der Waals surface area contributed by atoms with Crippen LogP contribution in [0.4, 0.5) is 0 Å². The Morgan fingerprint density at radius 1 is 1.31 bits per heavy atom. The number of carbonyl (C=O) groups excluding carboxylic acids is 1. The molecule has 0 bridgehead atoms. The summed E-state index contributed by atoms with van der Waals surface area (Å²) in [6.07, 6.45) is 0. The minimum absolute atomic E-state index is 0.282. The summed E-state index contributed by atoms with van der Waals surface area (Å²) in [4.78, 5) is 12.0. The molecular weight excluding hydrogens is 204 g/mol. The van der Waals surface area contributed by atoms with Gasteiger partial charge in [0.2, 0.25) is 0 Å². The average Bonchev–Trinajstić information content (AvgIpc) is 2.27. The molecule has 0 atom stereocenters. The minimum Gasteiger partial charge on any atom is -0.283 e. The maximum atomic E-state index is 12.0. The van der Waals surface area contributed by atoms with Gasteiger partial charge >= 0.3 is 0 Å². The monoisotopic (exact) mass is 218 g/mol. The van der Waals surface area contributed by atoms with Crippen molar-refractivity contribution in [2.75, 3.05) is 0 Å². The van der Waals surface area contributed by atoms with Crippen LogP contribution in [0.25, 0.3) is 0 Å². The molecule has 0 saturated carbocycles. The molecule has 0 spiro atoms. The fraction of sp³-hybridized carbons (Fsp3) is 0.273. The van der Waals surface area contributed by atoms with Crippen molar-refractivity contribution in [3.8, 4) is 0 Å². The van der Waals surface area contributed by atoms with Crippen LogP contribution >= 0.6 is 0 Å². The lowest BCUT2D eigenvalue weighted by Gasteiger charge is -2.37. The quantitative estimate of drug-likeness (QED) is 0.530. The Hall–Kier alpha value is -1.88. The van der Waals surface area contributed by atoms with Crippen LogP contribution in [-0.4, -0.2) is 22.3 Å². The van der Waals surface area contributed by atoms with Crippen LogP contribution in [0.2, 0.25) is 0 Å². The van der Waals surface area contributed by atoms with E-state index in [2.05, 4.69) is 10.5 Å². The van der Waals surface area contributed by atoms with Crippen LogP contribution in [0.15, 0.2) is 35.4 Å². The highest BCUT2D eigenvalue weighted by Crippen LogP contribution is 2.14. The van der Waals surface area contributed by atoms with Crippen molar-refractivity contribution in [3.05, 3.63) is 35.9 Å². The summed E-state index contributed by atoms with van der Waals surface area (Å²) in [5.41, 5.74) is 3.29. The maximum absolute atomic E-state index is 12.0. The molecule has 84 valence electrons. The van der Waals surface area contributed by atoms with Gasteiger partial charge in [0.1, 0.15) is 5.66 Å². The van der Waals surface area contributed by atoms with E-state index in [1.807, 2.05) is 30.3 Å². The van der Waals surface area contributed by atoms with E-state index in [-0.39, 0.29) is 5.91 Å². The van der Waals surface area contributed by atoms with Gasteiger partial charge in [-0.15, -0.1) is 0 Å². The summed E-state index contributed by atoms with van der Waals surface area (Å²) in [5.74, 6) is 5.44. The molecule has 1 heterocycles. The minimum atomic E-state index is -0.657. The zero-order valence-electron chi connectivity index (χ0n) is 9.27. The van der Waals surface area contributed by atoms with Gasteiger partial charge in [-0.1, -0.05) is 30.3 Å². The third-order valence-electron chi connectivity index (χ3n) is 2.51. The number of rotatable bonds is 1. The first kappa shape index (κ1) is 10.6. The molecule has 0 saturated heterocycles. The smallest absolute Gasteiger partial charge is 0.283 e. The van der Waals surface area contributed by atoms with E-state index in [1.54, 1.807) is 13.8 Å². The number of carbonyl (C=O) groups is 1. The SMILES string of the molecule is CC1(C)NN=C(c2ccccc2)C(=O)N1N. The molecule has 1 aliphatic rings. The second-order valence-electron chi connectivity index (χ2n) is 4.17. The normalized spacial score (nSPS) is 19.1. The fourth-order valence-electron chi connectivity index (χ4n) is 1.45. The third-order valence-corrected chi connectivity index (χ3v) is 2.51. The zero-order chi connectivity index (χ0) is 11.8. The van der Waals surface area contributed by atoms with Crippen molar-refractivity contribution in [3.63, 3.8) is 0 Å². The first-order chi connectivity index (χ1) is 7.52. The highest BCUT2D eigenvalue weighted by Gasteiger charge is 2.35. The molecule has 2 rings (SSSR count).